The molecule has 0 saturated heterocycles. The molecule has 1 aromatic heterocycles. The van der Waals surface area contributed by atoms with Crippen LogP contribution in [-0.2, 0) is 11.3 Å². The number of aliphatic carboxylic acids is 1. The number of aromatic nitrogens is 1. The van der Waals surface area contributed by atoms with Gasteiger partial charge in [0.05, 0.1) is 5.69 Å². The SMILES string of the molecule is CCC(C)N(CC(=O)O)C(=O)c1ccnc(CN)c1. The maximum absolute atomic E-state index is 12.3. The Hall–Kier alpha value is -1.95. The summed E-state index contributed by atoms with van der Waals surface area (Å²) in [5, 5.41) is 8.90. The molecule has 104 valence electrons. The van der Waals surface area contributed by atoms with E-state index in [0.717, 1.165) is 0 Å². The second-order valence-corrected chi connectivity index (χ2v) is 4.32. The minimum absolute atomic E-state index is 0.141. The molecule has 0 aliphatic rings. The van der Waals surface area contributed by atoms with Gasteiger partial charge in [-0.3, -0.25) is 14.6 Å². The monoisotopic (exact) mass is 265 g/mol. The first-order valence-electron chi connectivity index (χ1n) is 6.17. The number of hydrogen-bond acceptors (Lipinski definition) is 4. The van der Waals surface area contributed by atoms with Gasteiger partial charge in [-0.05, 0) is 25.5 Å². The largest absolute Gasteiger partial charge is 0.480 e. The molecule has 1 atom stereocenters. The predicted octanol–water partition coefficient (Wildman–Crippen LogP) is 0.866. The maximum atomic E-state index is 12.3. The van der Waals surface area contributed by atoms with E-state index in [2.05, 4.69) is 4.98 Å². The van der Waals surface area contributed by atoms with Crippen molar-refractivity contribution in [3.05, 3.63) is 29.6 Å². The summed E-state index contributed by atoms with van der Waals surface area (Å²) in [6.45, 7) is 3.66. The lowest BCUT2D eigenvalue weighted by molar-refractivity contribution is -0.138. The van der Waals surface area contributed by atoms with Gasteiger partial charge in [-0.2, -0.15) is 0 Å². The van der Waals surface area contributed by atoms with Gasteiger partial charge in [-0.15, -0.1) is 0 Å². The molecule has 1 amide bonds. The second kappa shape index (κ2) is 6.84. The summed E-state index contributed by atoms with van der Waals surface area (Å²) in [5.41, 5.74) is 6.50. The summed E-state index contributed by atoms with van der Waals surface area (Å²) < 4.78 is 0. The van der Waals surface area contributed by atoms with E-state index >= 15 is 0 Å². The highest BCUT2D eigenvalue weighted by molar-refractivity contribution is 5.96. The van der Waals surface area contributed by atoms with Gasteiger partial charge in [0, 0.05) is 24.3 Å². The zero-order valence-electron chi connectivity index (χ0n) is 11.2. The van der Waals surface area contributed by atoms with Crippen LogP contribution in [0.1, 0.15) is 36.3 Å². The molecule has 0 saturated carbocycles. The number of carbonyl (C=O) groups is 2. The van der Waals surface area contributed by atoms with Crippen molar-refractivity contribution in [3.63, 3.8) is 0 Å². The average Bonchev–Trinajstić information content (AvgIpc) is 2.43. The Morgan fingerprint density at radius 1 is 1.53 bits per heavy atom. The minimum Gasteiger partial charge on any atom is -0.480 e. The fourth-order valence-electron chi connectivity index (χ4n) is 1.68. The Balaban J connectivity index is 3.00. The zero-order valence-corrected chi connectivity index (χ0v) is 11.2. The van der Waals surface area contributed by atoms with E-state index in [9.17, 15) is 9.59 Å². The third kappa shape index (κ3) is 4.03. The summed E-state index contributed by atoms with van der Waals surface area (Å²) >= 11 is 0. The van der Waals surface area contributed by atoms with E-state index in [0.29, 0.717) is 17.7 Å². The van der Waals surface area contributed by atoms with Crippen molar-refractivity contribution in [1.82, 2.24) is 9.88 Å². The number of hydrogen-bond donors (Lipinski definition) is 2. The maximum Gasteiger partial charge on any atom is 0.323 e. The van der Waals surface area contributed by atoms with Crippen molar-refractivity contribution in [2.75, 3.05) is 6.54 Å². The van der Waals surface area contributed by atoms with E-state index in [-0.39, 0.29) is 25.0 Å². The summed E-state index contributed by atoms with van der Waals surface area (Å²) in [7, 11) is 0. The molecule has 19 heavy (non-hydrogen) atoms. The van der Waals surface area contributed by atoms with E-state index in [1.165, 1.54) is 11.1 Å². The number of rotatable bonds is 6. The number of nitrogens with zero attached hydrogens (tertiary/aromatic N) is 2. The third-order valence-corrected chi connectivity index (χ3v) is 2.96. The lowest BCUT2D eigenvalue weighted by atomic mass is 10.1. The lowest BCUT2D eigenvalue weighted by Crippen LogP contribution is -2.41. The predicted molar refractivity (Wildman–Crippen MR) is 70.6 cm³/mol. The van der Waals surface area contributed by atoms with Crippen LogP contribution in [0.3, 0.4) is 0 Å². The summed E-state index contributed by atoms with van der Waals surface area (Å²) in [5.74, 6) is -1.34. The van der Waals surface area contributed by atoms with Crippen molar-refractivity contribution in [3.8, 4) is 0 Å². The number of nitrogens with two attached hydrogens (primary N) is 1. The molecule has 1 rings (SSSR count). The number of carboxylic acid groups (broad SMARTS) is 1. The first kappa shape index (κ1) is 15.1. The first-order valence-corrected chi connectivity index (χ1v) is 6.17. The molecule has 0 aliphatic heterocycles. The van der Waals surface area contributed by atoms with E-state index in [1.54, 1.807) is 12.1 Å². The van der Waals surface area contributed by atoms with Crippen LogP contribution >= 0.6 is 0 Å². The third-order valence-electron chi connectivity index (χ3n) is 2.96. The molecule has 0 radical (unpaired) electrons. The van der Waals surface area contributed by atoms with Crippen molar-refractivity contribution in [1.29, 1.82) is 0 Å². The molecule has 1 unspecified atom stereocenters. The molecule has 0 fully saturated rings. The van der Waals surface area contributed by atoms with Gasteiger partial charge in [0.2, 0.25) is 0 Å². The van der Waals surface area contributed by atoms with Crippen molar-refractivity contribution >= 4 is 11.9 Å². The molecule has 0 aromatic carbocycles. The fraction of sp³-hybridized carbons (Fsp3) is 0.462. The first-order chi connectivity index (χ1) is 8.99. The van der Waals surface area contributed by atoms with E-state index in [4.69, 9.17) is 10.8 Å². The van der Waals surface area contributed by atoms with E-state index in [1.807, 2.05) is 13.8 Å². The highest BCUT2D eigenvalue weighted by Crippen LogP contribution is 2.11. The molecule has 0 aliphatic carbocycles. The number of amides is 1. The normalized spacial score (nSPS) is 11.9. The van der Waals surface area contributed by atoms with E-state index < -0.39 is 5.97 Å². The highest BCUT2D eigenvalue weighted by atomic mass is 16.4. The van der Waals surface area contributed by atoms with Crippen LogP contribution in [0, 0.1) is 0 Å². The van der Waals surface area contributed by atoms with Gasteiger partial charge in [-0.25, -0.2) is 0 Å². The quantitative estimate of drug-likeness (QED) is 0.795. The summed E-state index contributed by atoms with van der Waals surface area (Å²) in [4.78, 5) is 28.6. The molecule has 0 bridgehead atoms. The number of carboxylic acids is 1. The van der Waals surface area contributed by atoms with Crippen LogP contribution in [0.15, 0.2) is 18.3 Å². The Kier molecular flexibility index (Phi) is 5.44. The summed E-state index contributed by atoms with van der Waals surface area (Å²) in [6, 6.07) is 3.02. The van der Waals surface area contributed by atoms with Crippen LogP contribution in [0.2, 0.25) is 0 Å². The fourth-order valence-corrected chi connectivity index (χ4v) is 1.68. The molecular weight excluding hydrogens is 246 g/mol. The van der Waals surface area contributed by atoms with Crippen molar-refractivity contribution in [2.45, 2.75) is 32.9 Å². The van der Waals surface area contributed by atoms with Crippen LogP contribution in [0.25, 0.3) is 0 Å². The van der Waals surface area contributed by atoms with Crippen molar-refractivity contribution < 1.29 is 14.7 Å². The second-order valence-electron chi connectivity index (χ2n) is 4.32. The van der Waals surface area contributed by atoms with Gasteiger partial charge >= 0.3 is 5.97 Å². The number of pyridine rings is 1. The van der Waals surface area contributed by atoms with Crippen LogP contribution in [0.4, 0.5) is 0 Å². The van der Waals surface area contributed by atoms with Gasteiger partial charge in [0.15, 0.2) is 0 Å². The molecule has 6 nitrogen and oxygen atoms in total. The summed E-state index contributed by atoms with van der Waals surface area (Å²) in [6.07, 6.45) is 2.19. The van der Waals surface area contributed by atoms with Crippen LogP contribution in [0.5, 0.6) is 0 Å². The smallest absolute Gasteiger partial charge is 0.323 e. The topological polar surface area (TPSA) is 96.5 Å². The van der Waals surface area contributed by atoms with Gasteiger partial charge in [-0.1, -0.05) is 6.92 Å². The van der Waals surface area contributed by atoms with Gasteiger partial charge in [0.25, 0.3) is 5.91 Å². The molecule has 0 spiro atoms. The van der Waals surface area contributed by atoms with Crippen molar-refractivity contribution in [2.24, 2.45) is 5.73 Å². The Labute approximate surface area is 112 Å². The molecule has 1 heterocycles. The average molecular weight is 265 g/mol. The molecule has 3 N–H and O–H groups in total. The zero-order chi connectivity index (χ0) is 14.4. The van der Waals surface area contributed by atoms with Crippen LogP contribution < -0.4 is 5.73 Å². The Bertz CT molecular complexity index is 462. The molecular formula is C13H19N3O3. The minimum atomic E-state index is -1.03. The van der Waals surface area contributed by atoms with Gasteiger partial charge in [0.1, 0.15) is 6.54 Å². The standard InChI is InChI=1S/C13H19N3O3/c1-3-9(2)16(8-12(17)18)13(19)10-4-5-15-11(6-10)7-14/h4-6,9H,3,7-8,14H2,1-2H3,(H,17,18). The van der Waals surface area contributed by atoms with Gasteiger partial charge < -0.3 is 15.7 Å². The Morgan fingerprint density at radius 3 is 2.74 bits per heavy atom. The molecule has 1 aromatic rings. The number of carbonyl (C=O) groups excluding carboxylic acids is 1. The van der Waals surface area contributed by atoms with Crippen LogP contribution in [-0.4, -0.2) is 39.5 Å². The molecule has 6 heteroatoms. The lowest BCUT2D eigenvalue weighted by Gasteiger charge is -2.27. The highest BCUT2D eigenvalue weighted by Gasteiger charge is 2.23. The Morgan fingerprint density at radius 2 is 2.21 bits per heavy atom.